The van der Waals surface area contributed by atoms with Gasteiger partial charge in [0.2, 0.25) is 0 Å². The van der Waals surface area contributed by atoms with Gasteiger partial charge >= 0.3 is 0 Å². The molecule has 0 radical (unpaired) electrons. The number of hydrogen-bond donors (Lipinski definition) is 0. The number of hydrogen-bond acceptors (Lipinski definition) is 5. The van der Waals surface area contributed by atoms with Crippen molar-refractivity contribution in [2.45, 2.75) is 33.6 Å². The predicted molar refractivity (Wildman–Crippen MR) is 83.5 cm³/mol. The number of fused-ring (bicyclic) bond motifs is 1. The minimum Gasteiger partial charge on any atom is -0.361 e. The van der Waals surface area contributed by atoms with Gasteiger partial charge in [0.05, 0.1) is 11.4 Å². The molecule has 0 unspecified atom stereocenters. The topological polar surface area (TPSA) is 81.2 Å². The van der Waals surface area contributed by atoms with Gasteiger partial charge < -0.3 is 9.42 Å². The smallest absolute Gasteiger partial charge is 0.259 e. The molecule has 2 aromatic rings. The van der Waals surface area contributed by atoms with Crippen LogP contribution in [-0.2, 0) is 19.9 Å². The van der Waals surface area contributed by atoms with E-state index in [9.17, 15) is 9.59 Å². The zero-order valence-corrected chi connectivity index (χ0v) is 13.8. The molecule has 1 aliphatic rings. The molecule has 3 rings (SSSR count). The van der Waals surface area contributed by atoms with E-state index in [1.165, 1.54) is 0 Å². The Labute approximate surface area is 133 Å². The van der Waals surface area contributed by atoms with Gasteiger partial charge in [-0.25, -0.2) is 4.98 Å². The maximum absolute atomic E-state index is 12.7. The molecule has 7 nitrogen and oxygen atoms in total. The van der Waals surface area contributed by atoms with Gasteiger partial charge in [0.15, 0.2) is 0 Å². The van der Waals surface area contributed by atoms with Crippen LogP contribution >= 0.6 is 0 Å². The second-order valence-corrected chi connectivity index (χ2v) is 5.94. The molecule has 0 bridgehead atoms. The van der Waals surface area contributed by atoms with Gasteiger partial charge in [0.1, 0.15) is 17.1 Å². The van der Waals surface area contributed by atoms with E-state index in [-0.39, 0.29) is 11.5 Å². The van der Waals surface area contributed by atoms with E-state index < -0.39 is 0 Å². The van der Waals surface area contributed by atoms with E-state index in [0.717, 1.165) is 5.69 Å². The first-order valence-electron chi connectivity index (χ1n) is 7.67. The molecule has 7 heteroatoms. The van der Waals surface area contributed by atoms with Crippen LogP contribution in [0.5, 0.6) is 0 Å². The fourth-order valence-corrected chi connectivity index (χ4v) is 3.02. The summed E-state index contributed by atoms with van der Waals surface area (Å²) in [6.07, 6.45) is 1.10. The summed E-state index contributed by atoms with van der Waals surface area (Å²) < 4.78 is 6.65. The second kappa shape index (κ2) is 5.64. The Morgan fingerprint density at radius 3 is 2.52 bits per heavy atom. The largest absolute Gasteiger partial charge is 0.361 e. The zero-order chi connectivity index (χ0) is 16.7. The molecular weight excluding hydrogens is 296 g/mol. The highest BCUT2D eigenvalue weighted by Gasteiger charge is 2.26. The normalized spacial score (nSPS) is 14.5. The van der Waals surface area contributed by atoms with E-state index in [4.69, 9.17) is 4.52 Å². The fraction of sp³-hybridized carbons (Fsp3) is 0.500. The molecule has 3 heterocycles. The lowest BCUT2D eigenvalue weighted by Gasteiger charge is -2.19. The molecule has 0 saturated heterocycles. The average Bonchev–Trinajstić information content (AvgIpc) is 2.73. The summed E-state index contributed by atoms with van der Waals surface area (Å²) in [5.41, 5.74) is 2.62. The molecule has 0 aliphatic carbocycles. The van der Waals surface area contributed by atoms with Crippen LogP contribution in [0.15, 0.2) is 9.32 Å². The molecule has 0 fully saturated rings. The van der Waals surface area contributed by atoms with Gasteiger partial charge in [-0.05, 0) is 27.2 Å². The average molecular weight is 316 g/mol. The standard InChI is InChI=1S/C16H20N4O3/c1-9-14(10(2)23-18-9)16(22)20-7-5-12-13(6-8-20)17-11(3)19(4)15(12)21/h5-8H2,1-4H3. The van der Waals surface area contributed by atoms with Gasteiger partial charge in [0.25, 0.3) is 11.5 Å². The maximum Gasteiger partial charge on any atom is 0.259 e. The summed E-state index contributed by atoms with van der Waals surface area (Å²) in [5, 5.41) is 3.84. The van der Waals surface area contributed by atoms with E-state index in [0.29, 0.717) is 54.3 Å². The third kappa shape index (κ3) is 2.56. The minimum absolute atomic E-state index is 0.0147. The van der Waals surface area contributed by atoms with Crippen LogP contribution in [0.4, 0.5) is 0 Å². The minimum atomic E-state index is -0.0948. The third-order valence-electron chi connectivity index (χ3n) is 4.48. The van der Waals surface area contributed by atoms with Crippen molar-refractivity contribution in [1.29, 1.82) is 0 Å². The van der Waals surface area contributed by atoms with Crippen molar-refractivity contribution in [3.05, 3.63) is 44.5 Å². The molecule has 0 atom stereocenters. The Bertz CT molecular complexity index is 815. The monoisotopic (exact) mass is 316 g/mol. The van der Waals surface area contributed by atoms with Crippen molar-refractivity contribution in [2.75, 3.05) is 13.1 Å². The Hall–Kier alpha value is -2.44. The van der Waals surface area contributed by atoms with E-state index >= 15 is 0 Å². The van der Waals surface area contributed by atoms with Crippen molar-refractivity contribution in [2.24, 2.45) is 7.05 Å². The summed E-state index contributed by atoms with van der Waals surface area (Å²) in [6.45, 7) is 6.35. The van der Waals surface area contributed by atoms with Crippen molar-refractivity contribution < 1.29 is 9.32 Å². The first-order chi connectivity index (χ1) is 10.9. The van der Waals surface area contributed by atoms with Crippen LogP contribution in [-0.4, -0.2) is 38.6 Å². The number of carbonyl (C=O) groups is 1. The SMILES string of the molecule is Cc1noc(C)c1C(=O)N1CCc2nc(C)n(C)c(=O)c2CC1. The molecule has 122 valence electrons. The maximum atomic E-state index is 12.7. The predicted octanol–water partition coefficient (Wildman–Crippen LogP) is 0.935. The Morgan fingerprint density at radius 1 is 1.17 bits per heavy atom. The summed E-state index contributed by atoms with van der Waals surface area (Å²) >= 11 is 0. The highest BCUT2D eigenvalue weighted by atomic mass is 16.5. The van der Waals surface area contributed by atoms with E-state index in [1.807, 2.05) is 6.92 Å². The van der Waals surface area contributed by atoms with Crippen molar-refractivity contribution >= 4 is 5.91 Å². The van der Waals surface area contributed by atoms with E-state index in [1.54, 1.807) is 30.4 Å². The molecule has 0 spiro atoms. The van der Waals surface area contributed by atoms with Crippen LogP contribution < -0.4 is 5.56 Å². The number of aryl methyl sites for hydroxylation is 3. The number of amides is 1. The Morgan fingerprint density at radius 2 is 1.87 bits per heavy atom. The Balaban J connectivity index is 1.90. The summed E-state index contributed by atoms with van der Waals surface area (Å²) in [7, 11) is 1.72. The summed E-state index contributed by atoms with van der Waals surface area (Å²) in [6, 6.07) is 0. The zero-order valence-electron chi connectivity index (χ0n) is 13.8. The molecule has 0 N–H and O–H groups in total. The van der Waals surface area contributed by atoms with Gasteiger partial charge in [-0.2, -0.15) is 0 Å². The number of aromatic nitrogens is 3. The van der Waals surface area contributed by atoms with Crippen LogP contribution in [0.3, 0.4) is 0 Å². The Kier molecular flexibility index (Phi) is 3.79. The van der Waals surface area contributed by atoms with Gasteiger partial charge in [-0.15, -0.1) is 0 Å². The summed E-state index contributed by atoms with van der Waals surface area (Å²) in [4.78, 5) is 31.4. The lowest BCUT2D eigenvalue weighted by atomic mass is 10.1. The van der Waals surface area contributed by atoms with Crippen LogP contribution in [0.25, 0.3) is 0 Å². The molecule has 1 aliphatic heterocycles. The summed E-state index contributed by atoms with van der Waals surface area (Å²) in [5.74, 6) is 1.13. The van der Waals surface area contributed by atoms with Crippen LogP contribution in [0.1, 0.15) is 38.9 Å². The van der Waals surface area contributed by atoms with Gasteiger partial charge in [-0.3, -0.25) is 14.2 Å². The van der Waals surface area contributed by atoms with E-state index in [2.05, 4.69) is 10.1 Å². The van der Waals surface area contributed by atoms with Gasteiger partial charge in [-0.1, -0.05) is 5.16 Å². The van der Waals surface area contributed by atoms with Crippen LogP contribution in [0, 0.1) is 20.8 Å². The number of carbonyl (C=O) groups excluding carboxylic acids is 1. The highest BCUT2D eigenvalue weighted by molar-refractivity contribution is 5.96. The third-order valence-corrected chi connectivity index (χ3v) is 4.48. The quantitative estimate of drug-likeness (QED) is 0.782. The molecule has 1 amide bonds. The number of nitrogens with zero attached hydrogens (tertiary/aromatic N) is 4. The number of rotatable bonds is 1. The lowest BCUT2D eigenvalue weighted by molar-refractivity contribution is 0.0760. The first kappa shape index (κ1) is 15.5. The molecule has 2 aromatic heterocycles. The lowest BCUT2D eigenvalue weighted by Crippen LogP contribution is -2.34. The second-order valence-electron chi connectivity index (χ2n) is 5.94. The van der Waals surface area contributed by atoms with Gasteiger partial charge in [0, 0.05) is 32.1 Å². The highest BCUT2D eigenvalue weighted by Crippen LogP contribution is 2.18. The molecule has 0 aromatic carbocycles. The molecule has 23 heavy (non-hydrogen) atoms. The first-order valence-corrected chi connectivity index (χ1v) is 7.67. The molecule has 0 saturated carbocycles. The van der Waals surface area contributed by atoms with Crippen molar-refractivity contribution in [3.63, 3.8) is 0 Å². The fourth-order valence-electron chi connectivity index (χ4n) is 3.02. The van der Waals surface area contributed by atoms with Crippen LogP contribution in [0.2, 0.25) is 0 Å². The van der Waals surface area contributed by atoms with Crippen molar-refractivity contribution in [1.82, 2.24) is 19.6 Å². The molecular formula is C16H20N4O3. The van der Waals surface area contributed by atoms with Crippen molar-refractivity contribution in [3.8, 4) is 0 Å².